The van der Waals surface area contributed by atoms with Gasteiger partial charge in [0.05, 0.1) is 17.5 Å². The largest absolute Gasteiger partial charge is 0.433 e. The van der Waals surface area contributed by atoms with Crippen molar-refractivity contribution < 1.29 is 18.0 Å². The third-order valence-corrected chi connectivity index (χ3v) is 4.05. The van der Waals surface area contributed by atoms with Crippen molar-refractivity contribution in [1.29, 1.82) is 0 Å². The van der Waals surface area contributed by atoms with E-state index in [0.29, 0.717) is 5.56 Å². The number of carbonyl (C=O) groups is 1. The molecular formula is C16H18F3N5O. The van der Waals surface area contributed by atoms with Gasteiger partial charge in [0.15, 0.2) is 0 Å². The lowest BCUT2D eigenvalue weighted by molar-refractivity contribution is -0.141. The van der Waals surface area contributed by atoms with Crippen molar-refractivity contribution in [2.24, 2.45) is 0 Å². The maximum atomic E-state index is 12.8. The molecule has 0 saturated heterocycles. The van der Waals surface area contributed by atoms with Crippen LogP contribution in [0.1, 0.15) is 46.1 Å². The molecule has 9 heteroatoms. The van der Waals surface area contributed by atoms with E-state index in [2.05, 4.69) is 20.4 Å². The zero-order valence-electron chi connectivity index (χ0n) is 13.7. The van der Waals surface area contributed by atoms with Gasteiger partial charge >= 0.3 is 6.18 Å². The summed E-state index contributed by atoms with van der Waals surface area (Å²) >= 11 is 0. The smallest absolute Gasteiger partial charge is 0.351 e. The summed E-state index contributed by atoms with van der Waals surface area (Å²) in [6, 6.07) is 0.904. The average Bonchev–Trinajstić information content (AvgIpc) is 2.97. The fraction of sp³-hybridized carbons (Fsp3) is 0.500. The molecule has 2 aromatic heterocycles. The van der Waals surface area contributed by atoms with Crippen molar-refractivity contribution in [2.75, 3.05) is 6.54 Å². The third kappa shape index (κ3) is 3.97. The first-order valence-corrected chi connectivity index (χ1v) is 8.09. The maximum Gasteiger partial charge on any atom is 0.433 e. The van der Waals surface area contributed by atoms with E-state index in [1.807, 2.05) is 4.68 Å². The second kappa shape index (κ2) is 6.81. The van der Waals surface area contributed by atoms with Gasteiger partial charge in [-0.15, -0.1) is 0 Å². The van der Waals surface area contributed by atoms with E-state index < -0.39 is 11.9 Å². The minimum absolute atomic E-state index is 0.0599. The number of nitrogens with one attached hydrogen (secondary N) is 1. The van der Waals surface area contributed by atoms with Crippen molar-refractivity contribution in [3.63, 3.8) is 0 Å². The summed E-state index contributed by atoms with van der Waals surface area (Å²) in [7, 11) is 0. The summed E-state index contributed by atoms with van der Waals surface area (Å²) in [5.74, 6) is -0.212. The summed E-state index contributed by atoms with van der Waals surface area (Å²) in [6.45, 7) is 2.45. The van der Waals surface area contributed by atoms with Crippen LogP contribution in [0.2, 0.25) is 0 Å². The minimum atomic E-state index is -4.51. The second-order valence-corrected chi connectivity index (χ2v) is 6.00. The lowest BCUT2D eigenvalue weighted by atomic mass is 10.1. The maximum absolute atomic E-state index is 12.8. The number of rotatable bonds is 4. The molecule has 0 radical (unpaired) electrons. The first kappa shape index (κ1) is 17.4. The second-order valence-electron chi connectivity index (χ2n) is 6.00. The van der Waals surface area contributed by atoms with Crippen LogP contribution in [-0.2, 0) is 25.6 Å². The molecule has 0 atom stereocenters. The van der Waals surface area contributed by atoms with Crippen LogP contribution >= 0.6 is 0 Å². The summed E-state index contributed by atoms with van der Waals surface area (Å²) < 4.78 is 40.2. The molecule has 6 nitrogen and oxygen atoms in total. The Bertz CT molecular complexity index is 785. The van der Waals surface area contributed by atoms with Crippen LogP contribution in [0.4, 0.5) is 13.2 Å². The van der Waals surface area contributed by atoms with Crippen LogP contribution in [0, 0.1) is 6.92 Å². The van der Waals surface area contributed by atoms with E-state index >= 15 is 0 Å². The van der Waals surface area contributed by atoms with Gasteiger partial charge in [-0.2, -0.15) is 18.3 Å². The first-order chi connectivity index (χ1) is 11.8. The zero-order valence-corrected chi connectivity index (χ0v) is 13.7. The highest BCUT2D eigenvalue weighted by Crippen LogP contribution is 2.27. The van der Waals surface area contributed by atoms with Crippen molar-refractivity contribution >= 4 is 5.91 Å². The number of hydrogen-bond donors (Lipinski definition) is 1. The molecule has 0 spiro atoms. The molecule has 3 heterocycles. The highest BCUT2D eigenvalue weighted by molar-refractivity contribution is 5.95. The van der Waals surface area contributed by atoms with Crippen LogP contribution in [0.3, 0.4) is 0 Å². The molecule has 1 aliphatic rings. The first-order valence-electron chi connectivity index (χ1n) is 8.09. The van der Waals surface area contributed by atoms with Crippen LogP contribution in [0.25, 0.3) is 0 Å². The Morgan fingerprint density at radius 1 is 1.32 bits per heavy atom. The van der Waals surface area contributed by atoms with Crippen molar-refractivity contribution in [3.8, 4) is 0 Å². The molecule has 25 heavy (non-hydrogen) atoms. The summed E-state index contributed by atoms with van der Waals surface area (Å²) in [6.07, 6.45) is 0.0216. The van der Waals surface area contributed by atoms with Gasteiger partial charge in [0.25, 0.3) is 5.91 Å². The molecule has 0 unspecified atom stereocenters. The van der Waals surface area contributed by atoms with E-state index in [9.17, 15) is 18.0 Å². The summed E-state index contributed by atoms with van der Waals surface area (Å²) in [5.41, 5.74) is 0.720. The number of alkyl halides is 3. The highest BCUT2D eigenvalue weighted by Gasteiger charge is 2.33. The van der Waals surface area contributed by atoms with E-state index in [0.717, 1.165) is 37.6 Å². The van der Waals surface area contributed by atoms with Gasteiger partial charge in [-0.25, -0.2) is 9.97 Å². The number of nitrogens with zero attached hydrogens (tertiary/aromatic N) is 4. The predicted octanol–water partition coefficient (Wildman–Crippen LogP) is 2.31. The molecule has 134 valence electrons. The minimum Gasteiger partial charge on any atom is -0.351 e. The number of carbonyl (C=O) groups excluding carboxylic acids is 1. The topological polar surface area (TPSA) is 72.7 Å². The van der Waals surface area contributed by atoms with Crippen LogP contribution in [0.5, 0.6) is 0 Å². The van der Waals surface area contributed by atoms with E-state index in [4.69, 9.17) is 0 Å². The molecule has 2 aromatic rings. The van der Waals surface area contributed by atoms with Gasteiger partial charge in [-0.3, -0.25) is 9.48 Å². The van der Waals surface area contributed by atoms with E-state index in [1.54, 1.807) is 6.20 Å². The molecule has 3 rings (SSSR count). The number of amides is 1. The molecule has 0 bridgehead atoms. The molecule has 0 aromatic carbocycles. The summed E-state index contributed by atoms with van der Waals surface area (Å²) in [4.78, 5) is 19.8. The fourth-order valence-corrected chi connectivity index (χ4v) is 2.88. The molecule has 0 fully saturated rings. The van der Waals surface area contributed by atoms with E-state index in [-0.39, 0.29) is 30.4 Å². The Hall–Kier alpha value is -2.45. The highest BCUT2D eigenvalue weighted by atomic mass is 19.4. The predicted molar refractivity (Wildman–Crippen MR) is 83.0 cm³/mol. The normalized spacial score (nSPS) is 14.2. The van der Waals surface area contributed by atoms with Crippen molar-refractivity contribution in [1.82, 2.24) is 25.1 Å². The lowest BCUT2D eigenvalue weighted by Crippen LogP contribution is -2.27. The Labute approximate surface area is 142 Å². The number of aromatic nitrogens is 4. The van der Waals surface area contributed by atoms with Crippen LogP contribution in [0.15, 0.2) is 12.3 Å². The molecule has 0 aliphatic carbocycles. The Morgan fingerprint density at radius 3 is 2.88 bits per heavy atom. The summed E-state index contributed by atoms with van der Waals surface area (Å²) in [5, 5.41) is 6.91. The van der Waals surface area contributed by atoms with Gasteiger partial charge in [-0.05, 0) is 32.3 Å². The lowest BCUT2D eigenvalue weighted by Gasteiger charge is -2.14. The molecule has 0 saturated carbocycles. The van der Waals surface area contributed by atoms with Crippen LogP contribution in [-0.4, -0.2) is 32.2 Å². The quantitative estimate of drug-likeness (QED) is 0.916. The van der Waals surface area contributed by atoms with Gasteiger partial charge in [-0.1, -0.05) is 0 Å². The Kier molecular flexibility index (Phi) is 4.73. The monoisotopic (exact) mass is 353 g/mol. The fourth-order valence-electron chi connectivity index (χ4n) is 2.88. The van der Waals surface area contributed by atoms with Gasteiger partial charge in [0.2, 0.25) is 0 Å². The number of hydrogen-bond acceptors (Lipinski definition) is 4. The number of fused-ring (bicyclic) bond motifs is 1. The average molecular weight is 353 g/mol. The van der Waals surface area contributed by atoms with Crippen molar-refractivity contribution in [3.05, 3.63) is 40.7 Å². The Morgan fingerprint density at radius 2 is 2.12 bits per heavy atom. The molecule has 1 aliphatic heterocycles. The van der Waals surface area contributed by atoms with Gasteiger partial charge < -0.3 is 5.32 Å². The van der Waals surface area contributed by atoms with Crippen LogP contribution < -0.4 is 5.32 Å². The molecule has 1 N–H and O–H groups in total. The standard InChI is InChI=1S/C16H18F3N5O/c1-10-8-13(16(17,18)19)23-14(22-10)5-6-20-15(25)11-9-21-24-7-3-2-4-12(11)24/h8-9H,2-7H2,1H3,(H,20,25). The molecular weight excluding hydrogens is 335 g/mol. The number of aryl methyl sites for hydroxylation is 2. The molecule has 1 amide bonds. The Balaban J connectivity index is 1.62. The SMILES string of the molecule is Cc1cc(C(F)(F)F)nc(CCNC(=O)c2cnn3c2CCCC3)n1. The van der Waals surface area contributed by atoms with Gasteiger partial charge in [0, 0.05) is 25.2 Å². The number of halogens is 3. The zero-order chi connectivity index (χ0) is 18.0. The van der Waals surface area contributed by atoms with E-state index in [1.165, 1.54) is 6.92 Å². The van der Waals surface area contributed by atoms with Crippen molar-refractivity contribution in [2.45, 2.75) is 45.3 Å². The third-order valence-electron chi connectivity index (χ3n) is 4.05. The van der Waals surface area contributed by atoms with Gasteiger partial charge in [0.1, 0.15) is 11.5 Å².